The first-order valence-corrected chi connectivity index (χ1v) is 9.10. The maximum Gasteiger partial charge on any atom is 0.335 e. The number of carbonyl (C=O) groups excluding carboxylic acids is 2. The van der Waals surface area contributed by atoms with E-state index in [0.29, 0.717) is 16.5 Å². The quantitative estimate of drug-likeness (QED) is 0.572. The topological polar surface area (TPSA) is 83.9 Å². The Hall–Kier alpha value is -3.35. The number of halogens is 2. The molecule has 0 atom stereocenters. The average Bonchev–Trinajstić information content (AvgIpc) is 2.93. The number of hydrogen-bond donors (Lipinski definition) is 1. The highest BCUT2D eigenvalue weighted by Crippen LogP contribution is 2.36. The standard InChI is InChI=1S/C21H11Cl2NO5/c22-12-3-8-18(17(23)9-12)24-19(25)15-7-6-14(10-16(15)20(24)26)29-13-4-1-11(2-5-13)21(27)28/h1-10H,(H,27,28). The zero-order valence-corrected chi connectivity index (χ0v) is 16.1. The SMILES string of the molecule is O=C(O)c1ccc(Oc2ccc3c(c2)C(=O)N(c2ccc(Cl)cc2Cl)C3=O)cc1. The Balaban J connectivity index is 1.64. The van der Waals surface area contributed by atoms with Crippen molar-refractivity contribution in [2.24, 2.45) is 0 Å². The third-order valence-corrected chi connectivity index (χ3v) is 4.88. The third-order valence-electron chi connectivity index (χ3n) is 4.35. The molecule has 0 aliphatic carbocycles. The van der Waals surface area contributed by atoms with Crippen LogP contribution in [0.3, 0.4) is 0 Å². The Morgan fingerprint density at radius 2 is 1.48 bits per heavy atom. The van der Waals surface area contributed by atoms with Gasteiger partial charge in [-0.05, 0) is 60.7 Å². The summed E-state index contributed by atoms with van der Waals surface area (Å²) in [4.78, 5) is 37.5. The number of ether oxygens (including phenoxy) is 1. The van der Waals surface area contributed by atoms with E-state index >= 15 is 0 Å². The van der Waals surface area contributed by atoms with E-state index < -0.39 is 17.8 Å². The highest BCUT2D eigenvalue weighted by atomic mass is 35.5. The molecule has 1 N–H and O–H groups in total. The van der Waals surface area contributed by atoms with Crippen LogP contribution in [0.2, 0.25) is 10.0 Å². The monoisotopic (exact) mass is 427 g/mol. The molecule has 0 aromatic heterocycles. The van der Waals surface area contributed by atoms with Gasteiger partial charge in [0, 0.05) is 5.02 Å². The van der Waals surface area contributed by atoms with Crippen LogP contribution in [0, 0.1) is 0 Å². The van der Waals surface area contributed by atoms with Gasteiger partial charge in [0.05, 0.1) is 27.4 Å². The van der Waals surface area contributed by atoms with Crippen LogP contribution < -0.4 is 9.64 Å². The minimum atomic E-state index is -1.04. The van der Waals surface area contributed by atoms with Crippen LogP contribution in [0.15, 0.2) is 60.7 Å². The summed E-state index contributed by atoms with van der Waals surface area (Å²) in [7, 11) is 0. The zero-order chi connectivity index (χ0) is 20.7. The second-order valence-corrected chi connectivity index (χ2v) is 7.02. The predicted molar refractivity (Wildman–Crippen MR) is 108 cm³/mol. The molecule has 3 aromatic carbocycles. The van der Waals surface area contributed by atoms with E-state index in [2.05, 4.69) is 0 Å². The summed E-state index contributed by atoms with van der Waals surface area (Å²) in [6.45, 7) is 0. The van der Waals surface area contributed by atoms with E-state index in [1.807, 2.05) is 0 Å². The van der Waals surface area contributed by atoms with Gasteiger partial charge in [0.25, 0.3) is 11.8 Å². The highest BCUT2D eigenvalue weighted by Gasteiger charge is 2.38. The fourth-order valence-electron chi connectivity index (χ4n) is 2.97. The average molecular weight is 428 g/mol. The normalized spacial score (nSPS) is 12.8. The maximum atomic E-state index is 12.9. The van der Waals surface area contributed by atoms with Gasteiger partial charge in [-0.3, -0.25) is 9.59 Å². The van der Waals surface area contributed by atoms with Gasteiger partial charge in [-0.15, -0.1) is 0 Å². The summed E-state index contributed by atoms with van der Waals surface area (Å²) in [5, 5.41) is 9.52. The van der Waals surface area contributed by atoms with Crippen molar-refractivity contribution in [2.75, 3.05) is 4.90 Å². The molecule has 8 heteroatoms. The number of imide groups is 1. The Kier molecular flexibility index (Phi) is 4.74. The number of aromatic carboxylic acids is 1. The van der Waals surface area contributed by atoms with Gasteiger partial charge in [0.1, 0.15) is 11.5 Å². The first-order valence-electron chi connectivity index (χ1n) is 8.34. The molecule has 0 saturated heterocycles. The van der Waals surface area contributed by atoms with E-state index in [9.17, 15) is 14.4 Å². The number of nitrogens with zero attached hydrogens (tertiary/aromatic N) is 1. The molecule has 0 radical (unpaired) electrons. The van der Waals surface area contributed by atoms with Crippen molar-refractivity contribution in [2.45, 2.75) is 0 Å². The molecular weight excluding hydrogens is 417 g/mol. The van der Waals surface area contributed by atoms with Gasteiger partial charge in [-0.1, -0.05) is 23.2 Å². The van der Waals surface area contributed by atoms with Crippen LogP contribution in [0.4, 0.5) is 5.69 Å². The van der Waals surface area contributed by atoms with Crippen molar-refractivity contribution in [3.05, 3.63) is 87.4 Å². The van der Waals surface area contributed by atoms with Gasteiger partial charge < -0.3 is 9.84 Å². The van der Waals surface area contributed by atoms with E-state index in [4.69, 9.17) is 33.0 Å². The summed E-state index contributed by atoms with van der Waals surface area (Å²) < 4.78 is 5.68. The van der Waals surface area contributed by atoms with Crippen molar-refractivity contribution < 1.29 is 24.2 Å². The fourth-order valence-corrected chi connectivity index (χ4v) is 3.46. The minimum absolute atomic E-state index is 0.127. The fraction of sp³-hybridized carbons (Fsp3) is 0. The Morgan fingerprint density at radius 3 is 2.14 bits per heavy atom. The largest absolute Gasteiger partial charge is 0.478 e. The molecule has 0 saturated carbocycles. The van der Waals surface area contributed by atoms with Gasteiger partial charge in [-0.25, -0.2) is 9.69 Å². The molecule has 0 spiro atoms. The number of carboxylic acids is 1. The molecule has 0 bridgehead atoms. The molecule has 1 heterocycles. The van der Waals surface area contributed by atoms with E-state index in [-0.39, 0.29) is 27.4 Å². The van der Waals surface area contributed by atoms with E-state index in [1.54, 1.807) is 12.1 Å². The van der Waals surface area contributed by atoms with Crippen molar-refractivity contribution in [3.63, 3.8) is 0 Å². The molecule has 6 nitrogen and oxygen atoms in total. The number of benzene rings is 3. The zero-order valence-electron chi connectivity index (χ0n) is 14.6. The van der Waals surface area contributed by atoms with Crippen molar-refractivity contribution in [3.8, 4) is 11.5 Å². The first kappa shape index (κ1) is 19.0. The molecule has 2 amide bonds. The molecule has 1 aliphatic heterocycles. The smallest absolute Gasteiger partial charge is 0.335 e. The van der Waals surface area contributed by atoms with Crippen LogP contribution in [0.5, 0.6) is 11.5 Å². The van der Waals surface area contributed by atoms with Crippen LogP contribution in [0.1, 0.15) is 31.1 Å². The molecule has 4 rings (SSSR count). The van der Waals surface area contributed by atoms with Crippen LogP contribution in [-0.2, 0) is 0 Å². The number of hydrogen-bond acceptors (Lipinski definition) is 4. The highest BCUT2D eigenvalue weighted by molar-refractivity contribution is 6.41. The predicted octanol–water partition coefficient (Wildman–Crippen LogP) is 5.28. The second kappa shape index (κ2) is 7.24. The van der Waals surface area contributed by atoms with Gasteiger partial charge in [0.2, 0.25) is 0 Å². The van der Waals surface area contributed by atoms with Crippen molar-refractivity contribution >= 4 is 46.7 Å². The van der Waals surface area contributed by atoms with Gasteiger partial charge in [0.15, 0.2) is 0 Å². The third kappa shape index (κ3) is 3.44. The summed E-state index contributed by atoms with van der Waals surface area (Å²) in [5.41, 5.74) is 0.784. The molecule has 144 valence electrons. The summed E-state index contributed by atoms with van der Waals surface area (Å²) in [5.74, 6) is -1.34. The van der Waals surface area contributed by atoms with Crippen LogP contribution in [-0.4, -0.2) is 22.9 Å². The van der Waals surface area contributed by atoms with E-state index in [1.165, 1.54) is 48.5 Å². The second-order valence-electron chi connectivity index (χ2n) is 6.18. The Labute approximate surface area is 174 Å². The van der Waals surface area contributed by atoms with E-state index in [0.717, 1.165) is 4.90 Å². The number of anilines is 1. The molecule has 29 heavy (non-hydrogen) atoms. The first-order chi connectivity index (χ1) is 13.8. The lowest BCUT2D eigenvalue weighted by Crippen LogP contribution is -2.29. The Morgan fingerprint density at radius 1 is 0.828 bits per heavy atom. The summed E-state index contributed by atoms with van der Waals surface area (Å²) in [6.07, 6.45) is 0. The van der Waals surface area contributed by atoms with Gasteiger partial charge in [-0.2, -0.15) is 0 Å². The minimum Gasteiger partial charge on any atom is -0.478 e. The van der Waals surface area contributed by atoms with Gasteiger partial charge >= 0.3 is 5.97 Å². The lowest BCUT2D eigenvalue weighted by atomic mass is 10.1. The molecule has 0 unspecified atom stereocenters. The number of carbonyl (C=O) groups is 3. The lowest BCUT2D eigenvalue weighted by molar-refractivity contribution is 0.0696. The number of rotatable bonds is 4. The lowest BCUT2D eigenvalue weighted by Gasteiger charge is -2.15. The summed E-state index contributed by atoms with van der Waals surface area (Å²) in [6, 6.07) is 14.8. The molecule has 1 aliphatic rings. The van der Waals surface area contributed by atoms with Crippen LogP contribution in [0.25, 0.3) is 0 Å². The number of amides is 2. The number of carboxylic acid groups (broad SMARTS) is 1. The van der Waals surface area contributed by atoms with Crippen molar-refractivity contribution in [1.29, 1.82) is 0 Å². The molecule has 3 aromatic rings. The maximum absolute atomic E-state index is 12.9. The summed E-state index contributed by atoms with van der Waals surface area (Å²) >= 11 is 12.0. The number of fused-ring (bicyclic) bond motifs is 1. The molecule has 0 fully saturated rings. The van der Waals surface area contributed by atoms with Crippen molar-refractivity contribution in [1.82, 2.24) is 0 Å². The Bertz CT molecular complexity index is 1170. The molecular formula is C21H11Cl2NO5. The van der Waals surface area contributed by atoms with Crippen LogP contribution >= 0.6 is 23.2 Å².